The van der Waals surface area contributed by atoms with Crippen LogP contribution in [0.2, 0.25) is 0 Å². The predicted octanol–water partition coefficient (Wildman–Crippen LogP) is 3.02. The van der Waals surface area contributed by atoms with Gasteiger partial charge in [-0.05, 0) is 24.6 Å². The minimum Gasteiger partial charge on any atom is -0.495 e. The van der Waals surface area contributed by atoms with Gasteiger partial charge in [-0.25, -0.2) is 0 Å². The number of para-hydroxylation sites is 2. The summed E-state index contributed by atoms with van der Waals surface area (Å²) in [5.74, 6) is 0.940. The molecule has 0 radical (unpaired) electrons. The van der Waals surface area contributed by atoms with Gasteiger partial charge in [0.05, 0.1) is 18.3 Å². The second kappa shape index (κ2) is 5.78. The summed E-state index contributed by atoms with van der Waals surface area (Å²) in [4.78, 5) is 2.41. The van der Waals surface area contributed by atoms with Crippen molar-refractivity contribution in [2.75, 3.05) is 31.6 Å². The van der Waals surface area contributed by atoms with Crippen molar-refractivity contribution in [3.05, 3.63) is 60.2 Å². The van der Waals surface area contributed by atoms with E-state index < -0.39 is 0 Å². The number of ether oxygens (including phenoxy) is 1. The molecule has 21 heavy (non-hydrogen) atoms. The van der Waals surface area contributed by atoms with Crippen molar-refractivity contribution in [2.45, 2.75) is 12.5 Å². The molecule has 0 spiro atoms. The van der Waals surface area contributed by atoms with Gasteiger partial charge in [0.15, 0.2) is 0 Å². The van der Waals surface area contributed by atoms with E-state index in [0.29, 0.717) is 0 Å². The van der Waals surface area contributed by atoms with E-state index in [1.54, 1.807) is 7.11 Å². The highest BCUT2D eigenvalue weighted by Gasteiger charge is 2.32. The van der Waals surface area contributed by atoms with Gasteiger partial charge in [-0.1, -0.05) is 42.5 Å². The molecular weight excluding hydrogens is 260 g/mol. The molecule has 1 N–H and O–H groups in total. The van der Waals surface area contributed by atoms with Crippen molar-refractivity contribution in [2.24, 2.45) is 0 Å². The van der Waals surface area contributed by atoms with Crippen molar-refractivity contribution in [1.82, 2.24) is 5.32 Å². The molecule has 3 nitrogen and oxygen atoms in total. The number of benzene rings is 2. The van der Waals surface area contributed by atoms with Crippen LogP contribution in [0.4, 0.5) is 5.69 Å². The molecule has 3 heteroatoms. The molecule has 1 fully saturated rings. The third kappa shape index (κ3) is 2.74. The first-order valence-electron chi connectivity index (χ1n) is 7.41. The second-order valence-corrected chi connectivity index (χ2v) is 5.72. The molecule has 110 valence electrons. The average Bonchev–Trinajstić information content (AvgIpc) is 2.56. The van der Waals surface area contributed by atoms with E-state index in [4.69, 9.17) is 4.74 Å². The lowest BCUT2D eigenvalue weighted by atomic mass is 9.89. The molecule has 2 aromatic carbocycles. The fourth-order valence-corrected chi connectivity index (χ4v) is 3.08. The molecule has 0 amide bonds. The van der Waals surface area contributed by atoms with Gasteiger partial charge in [0.1, 0.15) is 5.75 Å². The number of rotatable bonds is 3. The Kier molecular flexibility index (Phi) is 3.84. The van der Waals surface area contributed by atoms with Crippen molar-refractivity contribution in [3.8, 4) is 5.75 Å². The van der Waals surface area contributed by atoms with Crippen LogP contribution in [0.15, 0.2) is 54.6 Å². The summed E-state index contributed by atoms with van der Waals surface area (Å²) in [6, 6.07) is 18.9. The first kappa shape index (κ1) is 14.0. The molecule has 1 atom stereocenters. The number of hydrogen-bond acceptors (Lipinski definition) is 3. The topological polar surface area (TPSA) is 24.5 Å². The summed E-state index contributed by atoms with van der Waals surface area (Å²) in [5, 5.41) is 3.67. The Bertz CT molecular complexity index is 599. The minimum absolute atomic E-state index is 0.0413. The van der Waals surface area contributed by atoms with Crippen molar-refractivity contribution < 1.29 is 4.74 Å². The lowest BCUT2D eigenvalue weighted by molar-refractivity contribution is 0.329. The smallest absolute Gasteiger partial charge is 0.142 e. The SMILES string of the molecule is COc1ccccc1N1CCNC(C)(c2ccccc2)C1. The maximum Gasteiger partial charge on any atom is 0.142 e. The van der Waals surface area contributed by atoms with E-state index in [1.165, 1.54) is 11.3 Å². The van der Waals surface area contributed by atoms with E-state index in [9.17, 15) is 0 Å². The monoisotopic (exact) mass is 282 g/mol. The van der Waals surface area contributed by atoms with Gasteiger partial charge in [0.2, 0.25) is 0 Å². The van der Waals surface area contributed by atoms with Gasteiger partial charge in [-0.15, -0.1) is 0 Å². The highest BCUT2D eigenvalue weighted by molar-refractivity contribution is 5.59. The predicted molar refractivity (Wildman–Crippen MR) is 87.0 cm³/mol. The molecule has 1 saturated heterocycles. The molecule has 1 aliphatic rings. The highest BCUT2D eigenvalue weighted by Crippen LogP contribution is 2.32. The number of anilines is 1. The number of nitrogens with one attached hydrogen (secondary N) is 1. The fraction of sp³-hybridized carbons (Fsp3) is 0.333. The minimum atomic E-state index is -0.0413. The summed E-state index contributed by atoms with van der Waals surface area (Å²) >= 11 is 0. The van der Waals surface area contributed by atoms with E-state index in [1.807, 2.05) is 12.1 Å². The van der Waals surface area contributed by atoms with Crippen molar-refractivity contribution in [3.63, 3.8) is 0 Å². The zero-order valence-corrected chi connectivity index (χ0v) is 12.7. The third-order valence-electron chi connectivity index (χ3n) is 4.24. The lowest BCUT2D eigenvalue weighted by Crippen LogP contribution is -2.56. The number of piperazine rings is 1. The Hall–Kier alpha value is -2.00. The van der Waals surface area contributed by atoms with E-state index >= 15 is 0 Å². The molecule has 0 saturated carbocycles. The van der Waals surface area contributed by atoms with Crippen LogP contribution in [0.5, 0.6) is 5.75 Å². The van der Waals surface area contributed by atoms with Gasteiger partial charge < -0.3 is 15.0 Å². The van der Waals surface area contributed by atoms with E-state index in [0.717, 1.165) is 25.4 Å². The van der Waals surface area contributed by atoms with E-state index in [2.05, 4.69) is 59.6 Å². The first-order chi connectivity index (χ1) is 10.2. The first-order valence-corrected chi connectivity index (χ1v) is 7.41. The number of nitrogens with zero attached hydrogens (tertiary/aromatic N) is 1. The van der Waals surface area contributed by atoms with Gasteiger partial charge >= 0.3 is 0 Å². The lowest BCUT2D eigenvalue weighted by Gasteiger charge is -2.43. The Morgan fingerprint density at radius 3 is 2.52 bits per heavy atom. The van der Waals surface area contributed by atoms with E-state index in [-0.39, 0.29) is 5.54 Å². The Balaban J connectivity index is 1.89. The molecule has 2 aromatic rings. The van der Waals surface area contributed by atoms with Gasteiger partial charge in [-0.2, -0.15) is 0 Å². The quantitative estimate of drug-likeness (QED) is 0.936. The molecule has 0 aromatic heterocycles. The maximum atomic E-state index is 5.51. The van der Waals surface area contributed by atoms with Gasteiger partial charge in [0.25, 0.3) is 0 Å². The molecule has 0 bridgehead atoms. The summed E-state index contributed by atoms with van der Waals surface area (Å²) in [6.07, 6.45) is 0. The molecular formula is C18H22N2O. The Labute approximate surface area is 126 Å². The highest BCUT2D eigenvalue weighted by atomic mass is 16.5. The van der Waals surface area contributed by atoms with Crippen molar-refractivity contribution >= 4 is 5.69 Å². The number of hydrogen-bond donors (Lipinski definition) is 1. The normalized spacial score (nSPS) is 22.1. The van der Waals surface area contributed by atoms with Crippen LogP contribution in [0, 0.1) is 0 Å². The molecule has 1 aliphatic heterocycles. The van der Waals surface area contributed by atoms with Gasteiger partial charge in [0, 0.05) is 19.6 Å². The zero-order valence-electron chi connectivity index (χ0n) is 12.7. The largest absolute Gasteiger partial charge is 0.495 e. The summed E-state index contributed by atoms with van der Waals surface area (Å²) < 4.78 is 5.51. The zero-order chi connectivity index (χ0) is 14.7. The Morgan fingerprint density at radius 1 is 1.05 bits per heavy atom. The summed E-state index contributed by atoms with van der Waals surface area (Å²) in [7, 11) is 1.73. The van der Waals surface area contributed by atoms with Crippen molar-refractivity contribution in [1.29, 1.82) is 0 Å². The summed E-state index contributed by atoms with van der Waals surface area (Å²) in [6.45, 7) is 5.15. The van der Waals surface area contributed by atoms with Crippen LogP contribution in [-0.2, 0) is 5.54 Å². The average molecular weight is 282 g/mol. The van der Waals surface area contributed by atoms with Crippen LogP contribution < -0.4 is 15.0 Å². The van der Waals surface area contributed by atoms with Crippen LogP contribution >= 0.6 is 0 Å². The van der Waals surface area contributed by atoms with Crippen LogP contribution in [-0.4, -0.2) is 26.7 Å². The molecule has 1 unspecified atom stereocenters. The summed E-state index contributed by atoms with van der Waals surface area (Å²) in [5.41, 5.74) is 2.45. The molecule has 3 rings (SSSR count). The fourth-order valence-electron chi connectivity index (χ4n) is 3.08. The third-order valence-corrected chi connectivity index (χ3v) is 4.24. The Morgan fingerprint density at radius 2 is 1.76 bits per heavy atom. The van der Waals surface area contributed by atoms with Gasteiger partial charge in [-0.3, -0.25) is 0 Å². The van der Waals surface area contributed by atoms with Crippen LogP contribution in [0.1, 0.15) is 12.5 Å². The molecule has 0 aliphatic carbocycles. The second-order valence-electron chi connectivity index (χ2n) is 5.72. The van der Waals surface area contributed by atoms with Crippen LogP contribution in [0.25, 0.3) is 0 Å². The maximum absolute atomic E-state index is 5.51. The molecule has 1 heterocycles. The van der Waals surface area contributed by atoms with Crippen LogP contribution in [0.3, 0.4) is 0 Å². The number of methoxy groups -OCH3 is 1. The standard InChI is InChI=1S/C18H22N2O/c1-18(15-8-4-3-5-9-15)14-20(13-12-19-18)16-10-6-7-11-17(16)21-2/h3-11,19H,12-14H2,1-2H3.